The largest absolute Gasteiger partial charge is 0.399 e. The maximum Gasteiger partial charge on any atom is 0.312 e. The van der Waals surface area contributed by atoms with E-state index in [1.807, 2.05) is 29.7 Å². The Morgan fingerprint density at radius 3 is 2.75 bits per heavy atom. The lowest BCUT2D eigenvalue weighted by atomic mass is 10.2. The van der Waals surface area contributed by atoms with Gasteiger partial charge in [-0.25, -0.2) is 4.98 Å². The molecule has 2 aromatic carbocycles. The first-order chi connectivity index (χ1) is 11.4. The number of nitrogen functional groups attached to an aromatic ring is 1. The van der Waals surface area contributed by atoms with Gasteiger partial charge in [-0.3, -0.25) is 10.1 Å². The van der Waals surface area contributed by atoms with Gasteiger partial charge in [0.05, 0.1) is 10.4 Å². The van der Waals surface area contributed by atoms with Gasteiger partial charge in [0.25, 0.3) is 0 Å². The van der Waals surface area contributed by atoms with Crippen molar-refractivity contribution in [1.29, 1.82) is 0 Å². The molecule has 1 aromatic heterocycles. The number of nitrogens with two attached hydrogens (primary N) is 1. The number of nitrogens with zero attached hydrogens (tertiary/aromatic N) is 3. The van der Waals surface area contributed by atoms with Crippen LogP contribution >= 0.6 is 31.9 Å². The quantitative estimate of drug-likeness (QED) is 0.334. The van der Waals surface area contributed by atoms with E-state index in [0.29, 0.717) is 38.2 Å². The Morgan fingerprint density at radius 2 is 2.12 bits per heavy atom. The molecule has 0 aliphatic carbocycles. The lowest BCUT2D eigenvalue weighted by molar-refractivity contribution is -0.384. The van der Waals surface area contributed by atoms with Crippen LogP contribution < -0.4 is 11.1 Å². The van der Waals surface area contributed by atoms with Crippen LogP contribution in [0, 0.1) is 10.1 Å². The maximum atomic E-state index is 11.5. The highest BCUT2D eigenvalue weighted by Crippen LogP contribution is 2.40. The number of nitro benzene ring substituents is 1. The predicted molar refractivity (Wildman–Crippen MR) is 102 cm³/mol. The van der Waals surface area contributed by atoms with Gasteiger partial charge in [0.2, 0.25) is 5.95 Å². The zero-order valence-corrected chi connectivity index (χ0v) is 15.8. The van der Waals surface area contributed by atoms with E-state index < -0.39 is 4.92 Å². The van der Waals surface area contributed by atoms with Crippen molar-refractivity contribution < 1.29 is 4.92 Å². The number of hydrogen-bond acceptors (Lipinski definition) is 5. The Labute approximate surface area is 154 Å². The van der Waals surface area contributed by atoms with E-state index >= 15 is 0 Å². The molecule has 0 saturated heterocycles. The Kier molecular flexibility index (Phi) is 4.46. The molecule has 3 aromatic rings. The molecule has 9 heteroatoms. The SMILES string of the molecule is CCn1c(Nc2cccc(N)c2)nc2c([N+](=O)[O-])c(Br)c(Br)cc21. The van der Waals surface area contributed by atoms with E-state index in [9.17, 15) is 10.1 Å². The smallest absolute Gasteiger partial charge is 0.312 e. The van der Waals surface area contributed by atoms with Crippen LogP contribution in [0.1, 0.15) is 6.92 Å². The van der Waals surface area contributed by atoms with E-state index in [4.69, 9.17) is 5.73 Å². The third-order valence-corrected chi connectivity index (χ3v) is 5.51. The van der Waals surface area contributed by atoms with Crippen molar-refractivity contribution in [2.75, 3.05) is 11.1 Å². The van der Waals surface area contributed by atoms with Crippen molar-refractivity contribution in [3.05, 3.63) is 49.4 Å². The van der Waals surface area contributed by atoms with Crippen molar-refractivity contribution >= 4 is 65.9 Å². The molecule has 0 aliphatic heterocycles. The third-order valence-electron chi connectivity index (χ3n) is 3.55. The molecule has 0 fully saturated rings. The number of aromatic nitrogens is 2. The Balaban J connectivity index is 2.22. The third kappa shape index (κ3) is 2.84. The van der Waals surface area contributed by atoms with Crippen molar-refractivity contribution in [1.82, 2.24) is 9.55 Å². The van der Waals surface area contributed by atoms with Crippen LogP contribution in [-0.2, 0) is 6.54 Å². The van der Waals surface area contributed by atoms with Crippen molar-refractivity contribution in [2.45, 2.75) is 13.5 Å². The molecule has 0 saturated carbocycles. The molecule has 7 nitrogen and oxygen atoms in total. The van der Waals surface area contributed by atoms with Gasteiger partial charge in [0, 0.05) is 22.4 Å². The molecule has 3 rings (SSSR count). The zero-order valence-electron chi connectivity index (χ0n) is 12.6. The Hall–Kier alpha value is -2.13. The average Bonchev–Trinajstić information content (AvgIpc) is 2.84. The summed E-state index contributed by atoms with van der Waals surface area (Å²) in [5.74, 6) is 0.520. The van der Waals surface area contributed by atoms with Gasteiger partial charge in [0.1, 0.15) is 4.47 Å². The number of anilines is 3. The molecular formula is C15H13Br2N5O2. The van der Waals surface area contributed by atoms with Gasteiger partial charge in [-0.2, -0.15) is 0 Å². The molecule has 0 aliphatic rings. The van der Waals surface area contributed by atoms with Gasteiger partial charge in [-0.1, -0.05) is 6.07 Å². The van der Waals surface area contributed by atoms with E-state index in [1.165, 1.54) is 0 Å². The summed E-state index contributed by atoms with van der Waals surface area (Å²) < 4.78 is 2.85. The minimum Gasteiger partial charge on any atom is -0.399 e. The molecule has 1 heterocycles. The van der Waals surface area contributed by atoms with E-state index in [-0.39, 0.29) is 5.69 Å². The Morgan fingerprint density at radius 1 is 1.38 bits per heavy atom. The lowest BCUT2D eigenvalue weighted by Crippen LogP contribution is -2.02. The zero-order chi connectivity index (χ0) is 17.4. The summed E-state index contributed by atoms with van der Waals surface area (Å²) in [6.45, 7) is 2.56. The van der Waals surface area contributed by atoms with Gasteiger partial charge in [-0.15, -0.1) is 0 Å². The second-order valence-corrected chi connectivity index (χ2v) is 6.72. The minimum atomic E-state index is -0.436. The number of imidazole rings is 1. The van der Waals surface area contributed by atoms with E-state index in [0.717, 1.165) is 5.69 Å². The highest BCUT2D eigenvalue weighted by atomic mass is 79.9. The summed E-state index contributed by atoms with van der Waals surface area (Å²) in [7, 11) is 0. The molecule has 124 valence electrons. The molecule has 0 bridgehead atoms. The molecule has 0 spiro atoms. The fourth-order valence-electron chi connectivity index (χ4n) is 2.51. The number of fused-ring (bicyclic) bond motifs is 1. The summed E-state index contributed by atoms with van der Waals surface area (Å²) in [5.41, 5.74) is 8.11. The highest BCUT2D eigenvalue weighted by molar-refractivity contribution is 9.13. The monoisotopic (exact) mass is 453 g/mol. The Bertz CT molecular complexity index is 955. The van der Waals surface area contributed by atoms with Gasteiger partial charge in [-0.05, 0) is 63.0 Å². The lowest BCUT2D eigenvalue weighted by Gasteiger charge is -2.09. The number of hydrogen-bond donors (Lipinski definition) is 2. The van der Waals surface area contributed by atoms with Crippen LogP contribution in [0.15, 0.2) is 39.3 Å². The van der Waals surface area contributed by atoms with Gasteiger partial charge < -0.3 is 15.6 Å². The van der Waals surface area contributed by atoms with Crippen LogP contribution in [0.2, 0.25) is 0 Å². The molecule has 0 atom stereocenters. The molecule has 24 heavy (non-hydrogen) atoms. The second-order valence-electron chi connectivity index (χ2n) is 5.08. The molecule has 0 unspecified atom stereocenters. The first-order valence-electron chi connectivity index (χ1n) is 7.07. The van der Waals surface area contributed by atoms with Crippen LogP contribution in [0.5, 0.6) is 0 Å². The van der Waals surface area contributed by atoms with Crippen LogP contribution in [0.4, 0.5) is 23.0 Å². The summed E-state index contributed by atoms with van der Waals surface area (Å²) >= 11 is 6.61. The average molecular weight is 455 g/mol. The highest BCUT2D eigenvalue weighted by Gasteiger charge is 2.25. The number of benzene rings is 2. The predicted octanol–water partition coefficient (Wildman–Crippen LogP) is 4.82. The first-order valence-corrected chi connectivity index (χ1v) is 8.66. The fraction of sp³-hybridized carbons (Fsp3) is 0.133. The molecule has 3 N–H and O–H groups in total. The fourth-order valence-corrected chi connectivity index (χ4v) is 3.37. The normalized spacial score (nSPS) is 11.0. The van der Waals surface area contributed by atoms with Crippen molar-refractivity contribution in [2.24, 2.45) is 0 Å². The van der Waals surface area contributed by atoms with Crippen molar-refractivity contribution in [3.63, 3.8) is 0 Å². The van der Waals surface area contributed by atoms with Gasteiger partial charge in [0.15, 0.2) is 5.52 Å². The number of halogens is 2. The first kappa shape index (κ1) is 16.7. The van der Waals surface area contributed by atoms with E-state index in [1.54, 1.807) is 12.1 Å². The second kappa shape index (κ2) is 6.40. The topological polar surface area (TPSA) is 99.0 Å². The van der Waals surface area contributed by atoms with Crippen LogP contribution in [0.25, 0.3) is 11.0 Å². The van der Waals surface area contributed by atoms with Crippen molar-refractivity contribution in [3.8, 4) is 0 Å². The number of nitro groups is 1. The number of rotatable bonds is 4. The maximum absolute atomic E-state index is 11.5. The summed E-state index contributed by atoms with van der Waals surface area (Å²) in [4.78, 5) is 15.5. The van der Waals surface area contributed by atoms with E-state index in [2.05, 4.69) is 42.2 Å². The molecule has 0 radical (unpaired) electrons. The number of aryl methyl sites for hydroxylation is 1. The standard InChI is InChI=1S/C15H13Br2N5O2/c1-2-21-11-7-10(16)12(17)14(22(23)24)13(11)20-15(21)19-9-5-3-4-8(18)6-9/h3-7H,2,18H2,1H3,(H,19,20). The minimum absolute atomic E-state index is 0.0674. The molecular weight excluding hydrogens is 442 g/mol. The summed E-state index contributed by atoms with van der Waals surface area (Å²) in [6.07, 6.45) is 0. The van der Waals surface area contributed by atoms with Gasteiger partial charge >= 0.3 is 5.69 Å². The number of nitrogens with one attached hydrogen (secondary N) is 1. The van der Waals surface area contributed by atoms with Crippen LogP contribution in [-0.4, -0.2) is 14.5 Å². The summed E-state index contributed by atoms with van der Waals surface area (Å²) in [6, 6.07) is 9.06. The van der Waals surface area contributed by atoms with Crippen LogP contribution in [0.3, 0.4) is 0 Å². The summed E-state index contributed by atoms with van der Waals surface area (Å²) in [5, 5.41) is 14.6. The molecule has 0 amide bonds.